The van der Waals surface area contributed by atoms with E-state index in [-0.39, 0.29) is 10.8 Å². The standard InChI is InChI=1S/C26H29N3O5S/c1-4-5-18-27-26(31)23-8-6-7-9-24(23)28-25(30)19-10-12-20(13-11-19)29(2)35(32,33)22-16-14-21(34-3)15-17-22/h6-17H,4-5,18H2,1-3H3,(H,27,31)(H,28,30). The number of sulfonamides is 1. The number of methoxy groups -OCH3 is 1. The maximum atomic E-state index is 13.0. The van der Waals surface area contributed by atoms with Gasteiger partial charge in [-0.15, -0.1) is 0 Å². The highest BCUT2D eigenvalue weighted by molar-refractivity contribution is 7.92. The van der Waals surface area contributed by atoms with Crippen molar-refractivity contribution < 1.29 is 22.7 Å². The third-order valence-corrected chi connectivity index (χ3v) is 7.25. The van der Waals surface area contributed by atoms with E-state index in [2.05, 4.69) is 10.6 Å². The number of anilines is 2. The van der Waals surface area contributed by atoms with Crippen LogP contribution in [0.2, 0.25) is 0 Å². The van der Waals surface area contributed by atoms with Gasteiger partial charge < -0.3 is 15.4 Å². The molecule has 0 atom stereocenters. The van der Waals surface area contributed by atoms with Crippen LogP contribution in [0, 0.1) is 0 Å². The van der Waals surface area contributed by atoms with Crippen LogP contribution < -0.4 is 19.7 Å². The minimum absolute atomic E-state index is 0.122. The molecule has 184 valence electrons. The zero-order valence-corrected chi connectivity index (χ0v) is 20.8. The number of amides is 2. The van der Waals surface area contributed by atoms with Gasteiger partial charge in [-0.1, -0.05) is 25.5 Å². The summed E-state index contributed by atoms with van der Waals surface area (Å²) in [5, 5.41) is 5.62. The van der Waals surface area contributed by atoms with Crippen molar-refractivity contribution in [1.82, 2.24) is 5.32 Å². The van der Waals surface area contributed by atoms with Crippen molar-refractivity contribution in [2.24, 2.45) is 0 Å². The molecule has 0 unspecified atom stereocenters. The summed E-state index contributed by atoms with van der Waals surface area (Å²) in [6, 6.07) is 19.1. The third kappa shape index (κ3) is 6.19. The Morgan fingerprint density at radius 1 is 0.914 bits per heavy atom. The predicted octanol–water partition coefficient (Wildman–Crippen LogP) is 4.30. The summed E-state index contributed by atoms with van der Waals surface area (Å²) >= 11 is 0. The van der Waals surface area contributed by atoms with Crippen LogP contribution in [0.25, 0.3) is 0 Å². The topological polar surface area (TPSA) is 105 Å². The van der Waals surface area contributed by atoms with Crippen LogP contribution in [0.5, 0.6) is 5.75 Å². The number of nitrogens with zero attached hydrogens (tertiary/aromatic N) is 1. The zero-order chi connectivity index (χ0) is 25.4. The van der Waals surface area contributed by atoms with E-state index in [4.69, 9.17) is 4.74 Å². The molecule has 0 radical (unpaired) electrons. The molecule has 3 aromatic carbocycles. The molecule has 0 saturated carbocycles. The number of hydrogen-bond donors (Lipinski definition) is 2. The van der Waals surface area contributed by atoms with E-state index in [1.54, 1.807) is 48.5 Å². The van der Waals surface area contributed by atoms with E-state index in [1.807, 2.05) is 6.92 Å². The second-order valence-corrected chi connectivity index (χ2v) is 9.77. The fourth-order valence-electron chi connectivity index (χ4n) is 3.33. The average Bonchev–Trinajstić information content (AvgIpc) is 2.88. The third-order valence-electron chi connectivity index (χ3n) is 5.45. The second-order valence-electron chi connectivity index (χ2n) is 7.80. The molecule has 0 aliphatic heterocycles. The van der Waals surface area contributed by atoms with Gasteiger partial charge in [-0.2, -0.15) is 0 Å². The van der Waals surface area contributed by atoms with E-state index in [0.717, 1.165) is 17.1 Å². The summed E-state index contributed by atoms with van der Waals surface area (Å²) in [6.07, 6.45) is 1.83. The highest BCUT2D eigenvalue weighted by Crippen LogP contribution is 2.24. The van der Waals surface area contributed by atoms with Gasteiger partial charge in [0.15, 0.2) is 0 Å². The molecule has 3 rings (SSSR count). The van der Waals surface area contributed by atoms with Crippen molar-refractivity contribution in [3.63, 3.8) is 0 Å². The lowest BCUT2D eigenvalue weighted by Crippen LogP contribution is -2.27. The fourth-order valence-corrected chi connectivity index (χ4v) is 4.52. The predicted molar refractivity (Wildman–Crippen MR) is 137 cm³/mol. The van der Waals surface area contributed by atoms with Gasteiger partial charge in [0.2, 0.25) is 0 Å². The van der Waals surface area contributed by atoms with Crippen LogP contribution in [-0.2, 0) is 10.0 Å². The van der Waals surface area contributed by atoms with E-state index in [0.29, 0.717) is 34.8 Å². The molecule has 35 heavy (non-hydrogen) atoms. The van der Waals surface area contributed by atoms with Gasteiger partial charge in [-0.25, -0.2) is 8.42 Å². The van der Waals surface area contributed by atoms with Crippen LogP contribution in [0.3, 0.4) is 0 Å². The molecule has 0 aromatic heterocycles. The maximum Gasteiger partial charge on any atom is 0.264 e. The number of hydrogen-bond acceptors (Lipinski definition) is 5. The Bertz CT molecular complexity index is 1270. The number of carbonyl (C=O) groups is 2. The van der Waals surface area contributed by atoms with Crippen LogP contribution >= 0.6 is 0 Å². The van der Waals surface area contributed by atoms with Gasteiger partial charge in [-0.3, -0.25) is 13.9 Å². The summed E-state index contributed by atoms with van der Waals surface area (Å²) in [5.74, 6) is -0.108. The first kappa shape index (κ1) is 25.8. The van der Waals surface area contributed by atoms with Crippen molar-refractivity contribution in [3.05, 3.63) is 83.9 Å². The Hall–Kier alpha value is -3.85. The molecule has 0 bridgehead atoms. The summed E-state index contributed by atoms with van der Waals surface area (Å²) in [4.78, 5) is 25.4. The lowest BCUT2D eigenvalue weighted by molar-refractivity contribution is 0.0954. The monoisotopic (exact) mass is 495 g/mol. The molecule has 8 nitrogen and oxygen atoms in total. The number of rotatable bonds is 10. The first-order valence-corrected chi connectivity index (χ1v) is 12.6. The van der Waals surface area contributed by atoms with Gasteiger partial charge in [0.05, 0.1) is 28.9 Å². The highest BCUT2D eigenvalue weighted by Gasteiger charge is 2.22. The van der Waals surface area contributed by atoms with Gasteiger partial charge in [0, 0.05) is 19.2 Å². The van der Waals surface area contributed by atoms with Crippen molar-refractivity contribution in [2.45, 2.75) is 24.7 Å². The molecule has 0 aliphatic carbocycles. The molecule has 2 N–H and O–H groups in total. The molecule has 0 fully saturated rings. The van der Waals surface area contributed by atoms with Crippen LogP contribution in [-0.4, -0.2) is 40.9 Å². The van der Waals surface area contributed by atoms with E-state index >= 15 is 0 Å². The SMILES string of the molecule is CCCCNC(=O)c1ccccc1NC(=O)c1ccc(N(C)S(=O)(=O)c2ccc(OC)cc2)cc1. The Labute approximate surface area is 206 Å². The number of benzene rings is 3. The number of carbonyl (C=O) groups excluding carboxylic acids is 2. The van der Waals surface area contributed by atoms with Crippen LogP contribution in [0.1, 0.15) is 40.5 Å². The number of ether oxygens (including phenoxy) is 1. The molecule has 0 spiro atoms. The molecule has 9 heteroatoms. The van der Waals surface area contributed by atoms with Crippen molar-refractivity contribution in [3.8, 4) is 5.75 Å². The minimum atomic E-state index is -3.79. The van der Waals surface area contributed by atoms with Gasteiger partial charge in [-0.05, 0) is 67.1 Å². The van der Waals surface area contributed by atoms with Crippen molar-refractivity contribution in [1.29, 1.82) is 0 Å². The van der Waals surface area contributed by atoms with Crippen LogP contribution in [0.4, 0.5) is 11.4 Å². The first-order valence-electron chi connectivity index (χ1n) is 11.2. The minimum Gasteiger partial charge on any atom is -0.497 e. The van der Waals surface area contributed by atoms with Gasteiger partial charge in [0.1, 0.15) is 5.75 Å². The second kappa shape index (κ2) is 11.5. The number of nitrogens with one attached hydrogen (secondary N) is 2. The maximum absolute atomic E-state index is 13.0. The molecule has 0 heterocycles. The Balaban J connectivity index is 1.73. The Morgan fingerprint density at radius 3 is 2.20 bits per heavy atom. The van der Waals surface area contributed by atoms with E-state index in [1.165, 1.54) is 38.4 Å². The summed E-state index contributed by atoms with van der Waals surface area (Å²) in [7, 11) is -0.836. The first-order chi connectivity index (χ1) is 16.8. The summed E-state index contributed by atoms with van der Waals surface area (Å²) in [5.41, 5.74) is 1.49. The average molecular weight is 496 g/mol. The Kier molecular flexibility index (Phi) is 8.48. The lowest BCUT2D eigenvalue weighted by atomic mass is 10.1. The van der Waals surface area contributed by atoms with E-state index < -0.39 is 15.9 Å². The summed E-state index contributed by atoms with van der Waals surface area (Å²) in [6.45, 7) is 2.60. The normalized spacial score (nSPS) is 10.9. The smallest absolute Gasteiger partial charge is 0.264 e. The Morgan fingerprint density at radius 2 is 1.57 bits per heavy atom. The fraction of sp³-hybridized carbons (Fsp3) is 0.231. The number of unbranched alkanes of at least 4 members (excludes halogenated alkanes) is 1. The number of para-hydroxylation sites is 1. The lowest BCUT2D eigenvalue weighted by Gasteiger charge is -2.20. The molecule has 3 aromatic rings. The summed E-state index contributed by atoms with van der Waals surface area (Å²) < 4.78 is 32.1. The zero-order valence-electron chi connectivity index (χ0n) is 19.9. The van der Waals surface area contributed by atoms with Crippen molar-refractivity contribution in [2.75, 3.05) is 30.3 Å². The molecular weight excluding hydrogens is 466 g/mol. The highest BCUT2D eigenvalue weighted by atomic mass is 32.2. The van der Waals surface area contributed by atoms with Crippen molar-refractivity contribution >= 4 is 33.2 Å². The van der Waals surface area contributed by atoms with Crippen LogP contribution in [0.15, 0.2) is 77.7 Å². The molecular formula is C26H29N3O5S. The largest absolute Gasteiger partial charge is 0.497 e. The quantitative estimate of drug-likeness (QED) is 0.408. The molecule has 0 saturated heterocycles. The van der Waals surface area contributed by atoms with E-state index in [9.17, 15) is 18.0 Å². The van der Waals surface area contributed by atoms with Gasteiger partial charge in [0.25, 0.3) is 21.8 Å². The van der Waals surface area contributed by atoms with Gasteiger partial charge >= 0.3 is 0 Å². The molecule has 2 amide bonds. The molecule has 0 aliphatic rings.